The summed E-state index contributed by atoms with van der Waals surface area (Å²) in [7, 11) is 0. The van der Waals surface area contributed by atoms with Gasteiger partial charge in [0.2, 0.25) is 5.91 Å². The average molecular weight is 360 g/mol. The molecule has 25 heavy (non-hydrogen) atoms. The Morgan fingerprint density at radius 3 is 2.16 bits per heavy atom. The number of hydrogen-bond acceptors (Lipinski definition) is 2. The van der Waals surface area contributed by atoms with E-state index in [0.29, 0.717) is 24.7 Å². The van der Waals surface area contributed by atoms with E-state index in [1.807, 2.05) is 49.4 Å². The van der Waals surface area contributed by atoms with Crippen molar-refractivity contribution >= 4 is 23.5 Å². The molecule has 0 aliphatic heterocycles. The van der Waals surface area contributed by atoms with Gasteiger partial charge in [0.15, 0.2) is 0 Å². The summed E-state index contributed by atoms with van der Waals surface area (Å²) in [4.78, 5) is 25.8. The van der Waals surface area contributed by atoms with Crippen LogP contribution in [-0.4, -0.2) is 29.9 Å². The standard InChI is InChI=1S/C19H22ClN3O2/c1-2-23(19(25)22-13-15-6-4-3-5-7-15)14-18(24)21-12-16-8-10-17(20)11-9-16/h3-11H,2,12-14H2,1H3,(H,21,24)(H,22,25). The van der Waals surface area contributed by atoms with E-state index in [4.69, 9.17) is 11.6 Å². The predicted octanol–water partition coefficient (Wildman–Crippen LogP) is 3.19. The number of benzene rings is 2. The van der Waals surface area contributed by atoms with Gasteiger partial charge in [-0.15, -0.1) is 0 Å². The normalized spacial score (nSPS) is 10.2. The van der Waals surface area contributed by atoms with E-state index >= 15 is 0 Å². The number of halogens is 1. The van der Waals surface area contributed by atoms with Crippen molar-refractivity contribution in [1.82, 2.24) is 15.5 Å². The Kier molecular flexibility index (Phi) is 7.29. The molecule has 0 fully saturated rings. The monoisotopic (exact) mass is 359 g/mol. The van der Waals surface area contributed by atoms with Gasteiger partial charge in [0, 0.05) is 24.7 Å². The van der Waals surface area contributed by atoms with Crippen LogP contribution in [0.1, 0.15) is 18.1 Å². The number of likely N-dealkylation sites (N-methyl/N-ethyl adjacent to an activating group) is 1. The van der Waals surface area contributed by atoms with E-state index in [1.165, 1.54) is 4.90 Å². The van der Waals surface area contributed by atoms with Crippen molar-refractivity contribution in [2.75, 3.05) is 13.1 Å². The summed E-state index contributed by atoms with van der Waals surface area (Å²) in [6.45, 7) is 3.15. The number of amides is 3. The van der Waals surface area contributed by atoms with Crippen molar-refractivity contribution in [3.8, 4) is 0 Å². The average Bonchev–Trinajstić information content (AvgIpc) is 2.64. The van der Waals surface area contributed by atoms with Crippen molar-refractivity contribution in [2.45, 2.75) is 20.0 Å². The second-order valence-electron chi connectivity index (χ2n) is 5.56. The second kappa shape index (κ2) is 9.69. The van der Waals surface area contributed by atoms with Gasteiger partial charge in [-0.1, -0.05) is 54.1 Å². The number of carbonyl (C=O) groups excluding carboxylic acids is 2. The predicted molar refractivity (Wildman–Crippen MR) is 99.2 cm³/mol. The van der Waals surface area contributed by atoms with Crippen LogP contribution in [0.4, 0.5) is 4.79 Å². The molecule has 2 N–H and O–H groups in total. The first-order chi connectivity index (χ1) is 12.1. The fourth-order valence-electron chi connectivity index (χ4n) is 2.24. The summed E-state index contributed by atoms with van der Waals surface area (Å²) in [6.07, 6.45) is 0. The lowest BCUT2D eigenvalue weighted by Gasteiger charge is -2.21. The number of rotatable bonds is 7. The molecule has 0 radical (unpaired) electrons. The summed E-state index contributed by atoms with van der Waals surface area (Å²) in [6, 6.07) is 16.6. The molecular weight excluding hydrogens is 338 g/mol. The zero-order valence-electron chi connectivity index (χ0n) is 14.2. The van der Waals surface area contributed by atoms with Crippen LogP contribution in [0.5, 0.6) is 0 Å². The number of nitrogens with one attached hydrogen (secondary N) is 2. The second-order valence-corrected chi connectivity index (χ2v) is 6.00. The van der Waals surface area contributed by atoms with Crippen LogP contribution in [0.3, 0.4) is 0 Å². The van der Waals surface area contributed by atoms with E-state index in [9.17, 15) is 9.59 Å². The molecule has 0 aromatic heterocycles. The molecule has 2 rings (SSSR count). The molecule has 132 valence electrons. The van der Waals surface area contributed by atoms with Crippen molar-refractivity contribution in [3.63, 3.8) is 0 Å². The Bertz CT molecular complexity index is 690. The fourth-order valence-corrected chi connectivity index (χ4v) is 2.37. The van der Waals surface area contributed by atoms with Gasteiger partial charge >= 0.3 is 6.03 Å². The highest BCUT2D eigenvalue weighted by molar-refractivity contribution is 6.30. The summed E-state index contributed by atoms with van der Waals surface area (Å²) >= 11 is 5.83. The van der Waals surface area contributed by atoms with E-state index in [1.54, 1.807) is 12.1 Å². The highest BCUT2D eigenvalue weighted by Crippen LogP contribution is 2.09. The summed E-state index contributed by atoms with van der Waals surface area (Å²) in [5, 5.41) is 6.29. The molecule has 2 aromatic rings. The van der Waals surface area contributed by atoms with Gasteiger partial charge in [0.05, 0.1) is 0 Å². The molecule has 0 unspecified atom stereocenters. The Morgan fingerprint density at radius 2 is 1.52 bits per heavy atom. The first kappa shape index (κ1) is 18.8. The fraction of sp³-hybridized carbons (Fsp3) is 0.263. The Hall–Kier alpha value is -2.53. The molecule has 2 aromatic carbocycles. The molecule has 3 amide bonds. The van der Waals surface area contributed by atoms with Crippen LogP contribution in [0, 0.1) is 0 Å². The lowest BCUT2D eigenvalue weighted by molar-refractivity contribution is -0.121. The SMILES string of the molecule is CCN(CC(=O)NCc1ccc(Cl)cc1)C(=O)NCc1ccccc1. The van der Waals surface area contributed by atoms with Crippen LogP contribution < -0.4 is 10.6 Å². The van der Waals surface area contributed by atoms with Crippen molar-refractivity contribution in [2.24, 2.45) is 0 Å². The molecule has 0 heterocycles. The summed E-state index contributed by atoms with van der Waals surface area (Å²) in [5.74, 6) is -0.202. The number of urea groups is 1. The minimum atomic E-state index is -0.256. The third-order valence-corrected chi connectivity index (χ3v) is 3.94. The van der Waals surface area contributed by atoms with Gasteiger partial charge in [-0.3, -0.25) is 4.79 Å². The van der Waals surface area contributed by atoms with Crippen LogP contribution in [0.25, 0.3) is 0 Å². The van der Waals surface area contributed by atoms with E-state index in [0.717, 1.165) is 11.1 Å². The van der Waals surface area contributed by atoms with Crippen molar-refractivity contribution < 1.29 is 9.59 Å². The smallest absolute Gasteiger partial charge is 0.318 e. The Labute approximate surface area is 153 Å². The van der Waals surface area contributed by atoms with Gasteiger partial charge < -0.3 is 15.5 Å². The van der Waals surface area contributed by atoms with Crippen molar-refractivity contribution in [1.29, 1.82) is 0 Å². The molecule has 0 aliphatic carbocycles. The maximum atomic E-state index is 12.2. The molecule has 0 saturated heterocycles. The van der Waals surface area contributed by atoms with Gasteiger partial charge in [-0.05, 0) is 30.2 Å². The molecule has 0 aliphatic rings. The molecule has 5 nitrogen and oxygen atoms in total. The van der Waals surface area contributed by atoms with Gasteiger partial charge in [-0.25, -0.2) is 4.79 Å². The van der Waals surface area contributed by atoms with Crippen LogP contribution in [-0.2, 0) is 17.9 Å². The topological polar surface area (TPSA) is 61.4 Å². The highest BCUT2D eigenvalue weighted by Gasteiger charge is 2.15. The van der Waals surface area contributed by atoms with E-state index in [-0.39, 0.29) is 18.5 Å². The molecule has 0 bridgehead atoms. The van der Waals surface area contributed by atoms with E-state index < -0.39 is 0 Å². The maximum Gasteiger partial charge on any atom is 0.318 e. The lowest BCUT2D eigenvalue weighted by atomic mass is 10.2. The summed E-state index contributed by atoms with van der Waals surface area (Å²) in [5.41, 5.74) is 1.97. The minimum absolute atomic E-state index is 0.0186. The molecule has 6 heteroatoms. The molecule has 0 saturated carbocycles. The van der Waals surface area contributed by atoms with Crippen LogP contribution >= 0.6 is 11.6 Å². The Balaban J connectivity index is 1.78. The van der Waals surface area contributed by atoms with Crippen LogP contribution in [0.15, 0.2) is 54.6 Å². The van der Waals surface area contributed by atoms with Crippen molar-refractivity contribution in [3.05, 3.63) is 70.7 Å². The zero-order valence-corrected chi connectivity index (χ0v) is 14.9. The van der Waals surface area contributed by atoms with Gasteiger partial charge in [0.1, 0.15) is 6.54 Å². The largest absolute Gasteiger partial charge is 0.350 e. The molecule has 0 atom stereocenters. The molecular formula is C19H22ClN3O2. The van der Waals surface area contributed by atoms with Crippen LogP contribution in [0.2, 0.25) is 5.02 Å². The lowest BCUT2D eigenvalue weighted by Crippen LogP contribution is -2.45. The number of hydrogen-bond donors (Lipinski definition) is 2. The Morgan fingerprint density at radius 1 is 0.920 bits per heavy atom. The number of nitrogens with zero attached hydrogens (tertiary/aromatic N) is 1. The first-order valence-corrected chi connectivity index (χ1v) is 8.54. The molecule has 0 spiro atoms. The van der Waals surface area contributed by atoms with Gasteiger partial charge in [0.25, 0.3) is 0 Å². The number of carbonyl (C=O) groups is 2. The highest BCUT2D eigenvalue weighted by atomic mass is 35.5. The third kappa shape index (κ3) is 6.47. The third-order valence-electron chi connectivity index (χ3n) is 3.69. The zero-order chi connectivity index (χ0) is 18.1. The van der Waals surface area contributed by atoms with E-state index in [2.05, 4.69) is 10.6 Å². The first-order valence-electron chi connectivity index (χ1n) is 8.16. The quantitative estimate of drug-likeness (QED) is 0.797. The van der Waals surface area contributed by atoms with Gasteiger partial charge in [-0.2, -0.15) is 0 Å². The minimum Gasteiger partial charge on any atom is -0.350 e. The summed E-state index contributed by atoms with van der Waals surface area (Å²) < 4.78 is 0. The maximum absolute atomic E-state index is 12.2.